The molecular weight excluding hydrogens is 283 g/mol. The molecule has 0 bridgehead atoms. The van der Waals surface area contributed by atoms with Gasteiger partial charge in [-0.1, -0.05) is 18.5 Å². The SMILES string of the molecule is CCCOc1nc(Oc2ccc(F)cc2Cl)ccc1N. The van der Waals surface area contributed by atoms with Crippen molar-refractivity contribution in [3.05, 3.63) is 41.2 Å². The maximum atomic E-state index is 13.0. The Kier molecular flexibility index (Phi) is 4.63. The van der Waals surface area contributed by atoms with Crippen molar-refractivity contribution >= 4 is 17.3 Å². The van der Waals surface area contributed by atoms with Crippen LogP contribution in [-0.4, -0.2) is 11.6 Å². The molecule has 0 unspecified atom stereocenters. The van der Waals surface area contributed by atoms with Crippen LogP contribution in [0.3, 0.4) is 0 Å². The topological polar surface area (TPSA) is 57.4 Å². The van der Waals surface area contributed by atoms with Crippen LogP contribution in [0.4, 0.5) is 10.1 Å². The van der Waals surface area contributed by atoms with E-state index in [1.54, 1.807) is 12.1 Å². The molecule has 0 spiro atoms. The molecule has 0 atom stereocenters. The first-order chi connectivity index (χ1) is 9.60. The lowest BCUT2D eigenvalue weighted by Crippen LogP contribution is -2.02. The van der Waals surface area contributed by atoms with E-state index >= 15 is 0 Å². The van der Waals surface area contributed by atoms with Crippen molar-refractivity contribution in [2.75, 3.05) is 12.3 Å². The van der Waals surface area contributed by atoms with Gasteiger partial charge in [0.15, 0.2) is 0 Å². The van der Waals surface area contributed by atoms with Gasteiger partial charge < -0.3 is 15.2 Å². The molecule has 106 valence electrons. The van der Waals surface area contributed by atoms with Crippen LogP contribution in [0.1, 0.15) is 13.3 Å². The average Bonchev–Trinajstić information content (AvgIpc) is 2.42. The Bertz CT molecular complexity index is 608. The van der Waals surface area contributed by atoms with Crippen molar-refractivity contribution in [3.63, 3.8) is 0 Å². The standard InChI is InChI=1S/C14H14ClFN2O2/c1-2-7-19-14-11(17)4-6-13(18-14)20-12-5-3-9(16)8-10(12)15/h3-6,8H,2,7,17H2,1H3. The molecule has 6 heteroatoms. The molecule has 0 saturated carbocycles. The van der Waals surface area contributed by atoms with Gasteiger partial charge in [0.05, 0.1) is 17.3 Å². The molecule has 2 N–H and O–H groups in total. The largest absolute Gasteiger partial charge is 0.476 e. The van der Waals surface area contributed by atoms with Gasteiger partial charge in [-0.25, -0.2) is 4.39 Å². The molecule has 0 aliphatic rings. The van der Waals surface area contributed by atoms with E-state index in [1.807, 2.05) is 6.92 Å². The summed E-state index contributed by atoms with van der Waals surface area (Å²) < 4.78 is 23.8. The second-order valence-corrected chi connectivity index (χ2v) is 4.48. The van der Waals surface area contributed by atoms with Gasteiger partial charge in [-0.15, -0.1) is 0 Å². The molecule has 1 aromatic heterocycles. The zero-order valence-electron chi connectivity index (χ0n) is 10.9. The van der Waals surface area contributed by atoms with Crippen LogP contribution in [0.25, 0.3) is 0 Å². The molecule has 20 heavy (non-hydrogen) atoms. The lowest BCUT2D eigenvalue weighted by molar-refractivity contribution is 0.302. The van der Waals surface area contributed by atoms with Crippen LogP contribution in [0.15, 0.2) is 30.3 Å². The monoisotopic (exact) mass is 296 g/mol. The van der Waals surface area contributed by atoms with Gasteiger partial charge in [0.25, 0.3) is 0 Å². The number of hydrogen-bond donors (Lipinski definition) is 1. The molecule has 2 aromatic rings. The number of anilines is 1. The van der Waals surface area contributed by atoms with E-state index in [0.29, 0.717) is 23.9 Å². The molecule has 0 aliphatic heterocycles. The molecule has 2 rings (SSSR count). The minimum atomic E-state index is -0.431. The molecule has 1 heterocycles. The molecule has 0 fully saturated rings. The highest BCUT2D eigenvalue weighted by Gasteiger charge is 2.09. The van der Waals surface area contributed by atoms with E-state index in [0.717, 1.165) is 6.42 Å². The zero-order valence-corrected chi connectivity index (χ0v) is 11.7. The van der Waals surface area contributed by atoms with Crippen molar-refractivity contribution in [1.29, 1.82) is 0 Å². The Morgan fingerprint density at radius 3 is 2.80 bits per heavy atom. The minimum absolute atomic E-state index is 0.166. The summed E-state index contributed by atoms with van der Waals surface area (Å²) in [7, 11) is 0. The Morgan fingerprint density at radius 1 is 1.30 bits per heavy atom. The van der Waals surface area contributed by atoms with Gasteiger partial charge in [-0.05, 0) is 30.7 Å². The van der Waals surface area contributed by atoms with Crippen LogP contribution >= 0.6 is 11.6 Å². The maximum absolute atomic E-state index is 13.0. The Labute approximate surface area is 121 Å². The quantitative estimate of drug-likeness (QED) is 0.904. The van der Waals surface area contributed by atoms with Crippen LogP contribution in [0.2, 0.25) is 5.02 Å². The molecule has 0 radical (unpaired) electrons. The minimum Gasteiger partial charge on any atom is -0.476 e. The lowest BCUT2D eigenvalue weighted by atomic mass is 10.3. The summed E-state index contributed by atoms with van der Waals surface area (Å²) in [5.74, 6) is 0.466. The predicted molar refractivity (Wildman–Crippen MR) is 75.9 cm³/mol. The Balaban J connectivity index is 2.20. The molecule has 0 saturated heterocycles. The van der Waals surface area contributed by atoms with Crippen LogP contribution < -0.4 is 15.2 Å². The molecule has 1 aromatic carbocycles. The summed E-state index contributed by atoms with van der Waals surface area (Å²) in [6.45, 7) is 2.49. The fourth-order valence-electron chi connectivity index (χ4n) is 1.48. The number of benzene rings is 1. The first kappa shape index (κ1) is 14.4. The smallest absolute Gasteiger partial charge is 0.240 e. The number of halogens is 2. The number of pyridine rings is 1. The number of hydrogen-bond acceptors (Lipinski definition) is 4. The number of nitrogens with two attached hydrogens (primary N) is 1. The van der Waals surface area contributed by atoms with Gasteiger partial charge in [0.1, 0.15) is 11.6 Å². The summed E-state index contributed by atoms with van der Waals surface area (Å²) in [5, 5.41) is 0.166. The summed E-state index contributed by atoms with van der Waals surface area (Å²) in [6.07, 6.45) is 0.843. The van der Waals surface area contributed by atoms with E-state index in [9.17, 15) is 4.39 Å². The van der Waals surface area contributed by atoms with Crippen LogP contribution in [-0.2, 0) is 0 Å². The van der Waals surface area contributed by atoms with E-state index in [1.165, 1.54) is 18.2 Å². The molecule has 0 amide bonds. The van der Waals surface area contributed by atoms with Crippen LogP contribution in [0.5, 0.6) is 17.5 Å². The van der Waals surface area contributed by atoms with E-state index in [-0.39, 0.29) is 10.9 Å². The number of nitrogens with zero attached hydrogens (tertiary/aromatic N) is 1. The zero-order chi connectivity index (χ0) is 14.5. The summed E-state index contributed by atoms with van der Waals surface area (Å²) in [4.78, 5) is 4.15. The fraction of sp³-hybridized carbons (Fsp3) is 0.214. The van der Waals surface area contributed by atoms with E-state index < -0.39 is 5.82 Å². The number of rotatable bonds is 5. The fourth-order valence-corrected chi connectivity index (χ4v) is 1.68. The van der Waals surface area contributed by atoms with Gasteiger partial charge in [-0.3, -0.25) is 0 Å². The Hall–Kier alpha value is -2.01. The first-order valence-corrected chi connectivity index (χ1v) is 6.50. The van der Waals surface area contributed by atoms with Gasteiger partial charge in [0, 0.05) is 6.07 Å². The van der Waals surface area contributed by atoms with Crippen molar-refractivity contribution in [3.8, 4) is 17.5 Å². The third-order valence-corrected chi connectivity index (χ3v) is 2.71. The van der Waals surface area contributed by atoms with Crippen LogP contribution in [0, 0.1) is 5.82 Å². The number of aromatic nitrogens is 1. The molecule has 0 aliphatic carbocycles. The van der Waals surface area contributed by atoms with Crippen molar-refractivity contribution < 1.29 is 13.9 Å². The molecule has 4 nitrogen and oxygen atoms in total. The lowest BCUT2D eigenvalue weighted by Gasteiger charge is -2.10. The summed E-state index contributed by atoms with van der Waals surface area (Å²) in [5.41, 5.74) is 6.18. The van der Waals surface area contributed by atoms with E-state index in [4.69, 9.17) is 26.8 Å². The Morgan fingerprint density at radius 2 is 2.10 bits per heavy atom. The third-order valence-electron chi connectivity index (χ3n) is 2.42. The first-order valence-electron chi connectivity index (χ1n) is 6.12. The molecular formula is C14H14ClFN2O2. The van der Waals surface area contributed by atoms with Gasteiger partial charge in [-0.2, -0.15) is 4.98 Å². The average molecular weight is 297 g/mol. The highest BCUT2D eigenvalue weighted by molar-refractivity contribution is 6.32. The van der Waals surface area contributed by atoms with Crippen molar-refractivity contribution in [1.82, 2.24) is 4.98 Å². The summed E-state index contributed by atoms with van der Waals surface area (Å²) in [6, 6.07) is 7.08. The second-order valence-electron chi connectivity index (χ2n) is 4.07. The van der Waals surface area contributed by atoms with Gasteiger partial charge in [0.2, 0.25) is 11.8 Å². The predicted octanol–water partition coefficient (Wildman–Crippen LogP) is 4.04. The van der Waals surface area contributed by atoms with Crippen molar-refractivity contribution in [2.24, 2.45) is 0 Å². The summed E-state index contributed by atoms with van der Waals surface area (Å²) >= 11 is 5.89. The number of ether oxygens (including phenoxy) is 2. The van der Waals surface area contributed by atoms with Crippen molar-refractivity contribution in [2.45, 2.75) is 13.3 Å². The second kappa shape index (κ2) is 6.43. The highest BCUT2D eigenvalue weighted by atomic mass is 35.5. The number of nitrogen functional groups attached to an aromatic ring is 1. The normalized spacial score (nSPS) is 10.3. The van der Waals surface area contributed by atoms with Gasteiger partial charge >= 0.3 is 0 Å². The van der Waals surface area contributed by atoms with E-state index in [2.05, 4.69) is 4.98 Å². The maximum Gasteiger partial charge on any atom is 0.240 e. The third kappa shape index (κ3) is 3.51. The highest BCUT2D eigenvalue weighted by Crippen LogP contribution is 2.31.